The van der Waals surface area contributed by atoms with E-state index in [0.29, 0.717) is 18.3 Å². The van der Waals surface area contributed by atoms with E-state index in [1.165, 1.54) is 0 Å². The lowest BCUT2D eigenvalue weighted by Crippen LogP contribution is -2.17. The largest absolute Gasteiger partial charge is 0.383 e. The molecule has 1 aliphatic rings. The maximum Gasteiger partial charge on any atom is 0.133 e. The molecule has 5 nitrogen and oxygen atoms in total. The number of nitrogens with zero attached hydrogens (tertiary/aromatic N) is 2. The summed E-state index contributed by atoms with van der Waals surface area (Å²) in [6.45, 7) is 1.96. The smallest absolute Gasteiger partial charge is 0.133 e. The summed E-state index contributed by atoms with van der Waals surface area (Å²) < 4.78 is 5.29. The molecule has 0 radical (unpaired) electrons. The number of hydrogen-bond donors (Lipinski definition) is 2. The van der Waals surface area contributed by atoms with Gasteiger partial charge in [0.2, 0.25) is 0 Å². The molecular weight excluding hydrogens is 192 g/mol. The number of ether oxygens (including phenoxy) is 1. The van der Waals surface area contributed by atoms with Crippen molar-refractivity contribution in [2.24, 2.45) is 5.73 Å². The van der Waals surface area contributed by atoms with Crippen molar-refractivity contribution >= 4 is 5.82 Å². The minimum absolute atomic E-state index is 0.382. The van der Waals surface area contributed by atoms with E-state index in [1.807, 2.05) is 0 Å². The van der Waals surface area contributed by atoms with E-state index < -0.39 is 0 Å². The number of nitrogen functional groups attached to an aromatic ring is 1. The van der Waals surface area contributed by atoms with E-state index >= 15 is 0 Å². The molecule has 0 unspecified atom stereocenters. The third-order valence-corrected chi connectivity index (χ3v) is 2.72. The van der Waals surface area contributed by atoms with Crippen LogP contribution in [0.3, 0.4) is 0 Å². The van der Waals surface area contributed by atoms with Crippen molar-refractivity contribution in [3.8, 4) is 0 Å². The molecule has 2 heterocycles. The molecule has 0 spiro atoms. The summed E-state index contributed by atoms with van der Waals surface area (Å²) in [7, 11) is 0. The Balaban J connectivity index is 2.17. The Labute approximate surface area is 88.8 Å². The Hall–Kier alpha value is -1.20. The van der Waals surface area contributed by atoms with Crippen LogP contribution < -0.4 is 11.5 Å². The molecule has 15 heavy (non-hydrogen) atoms. The second-order valence-electron chi connectivity index (χ2n) is 3.73. The van der Waals surface area contributed by atoms with Crippen molar-refractivity contribution in [2.75, 3.05) is 18.9 Å². The Bertz CT molecular complexity index is 336. The summed E-state index contributed by atoms with van der Waals surface area (Å²) >= 11 is 0. The third-order valence-electron chi connectivity index (χ3n) is 2.72. The minimum atomic E-state index is 0.382. The highest BCUT2D eigenvalue weighted by Gasteiger charge is 2.19. The second-order valence-corrected chi connectivity index (χ2v) is 3.73. The van der Waals surface area contributed by atoms with Crippen molar-refractivity contribution in [3.05, 3.63) is 17.6 Å². The first-order valence-electron chi connectivity index (χ1n) is 5.20. The first kappa shape index (κ1) is 10.3. The van der Waals surface area contributed by atoms with Crippen molar-refractivity contribution in [1.82, 2.24) is 9.97 Å². The summed E-state index contributed by atoms with van der Waals surface area (Å²) in [4.78, 5) is 8.61. The summed E-state index contributed by atoms with van der Waals surface area (Å²) in [5.41, 5.74) is 12.1. The van der Waals surface area contributed by atoms with Gasteiger partial charge in [0.05, 0.1) is 0 Å². The molecule has 0 bridgehead atoms. The fraction of sp³-hybridized carbons (Fsp3) is 0.600. The topological polar surface area (TPSA) is 87.0 Å². The molecule has 0 amide bonds. The summed E-state index contributed by atoms with van der Waals surface area (Å²) in [6, 6.07) is 0. The highest BCUT2D eigenvalue weighted by molar-refractivity contribution is 5.37. The zero-order chi connectivity index (χ0) is 10.7. The van der Waals surface area contributed by atoms with Crippen molar-refractivity contribution in [2.45, 2.75) is 25.3 Å². The van der Waals surface area contributed by atoms with Gasteiger partial charge in [0.15, 0.2) is 0 Å². The highest BCUT2D eigenvalue weighted by atomic mass is 16.5. The Morgan fingerprint density at radius 3 is 2.73 bits per heavy atom. The van der Waals surface area contributed by atoms with Crippen LogP contribution in [0.4, 0.5) is 5.82 Å². The van der Waals surface area contributed by atoms with Crippen LogP contribution in [0.1, 0.15) is 30.1 Å². The van der Waals surface area contributed by atoms with Crippen LogP contribution in [0, 0.1) is 0 Å². The SMILES string of the molecule is NCc1cnc(C2CCOCC2)nc1N. The molecule has 1 aromatic rings. The van der Waals surface area contributed by atoms with Gasteiger partial charge in [0, 0.05) is 37.4 Å². The van der Waals surface area contributed by atoms with Gasteiger partial charge in [-0.3, -0.25) is 0 Å². The van der Waals surface area contributed by atoms with Gasteiger partial charge in [-0.2, -0.15) is 0 Å². The first-order chi connectivity index (χ1) is 7.31. The molecule has 82 valence electrons. The molecule has 0 atom stereocenters. The molecule has 1 saturated heterocycles. The summed E-state index contributed by atoms with van der Waals surface area (Å²) in [5.74, 6) is 1.72. The lowest BCUT2D eigenvalue weighted by atomic mass is 9.99. The predicted molar refractivity (Wildman–Crippen MR) is 57.1 cm³/mol. The Morgan fingerprint density at radius 1 is 1.40 bits per heavy atom. The van der Waals surface area contributed by atoms with Crippen molar-refractivity contribution in [3.63, 3.8) is 0 Å². The fourth-order valence-electron chi connectivity index (χ4n) is 1.74. The van der Waals surface area contributed by atoms with E-state index in [4.69, 9.17) is 16.2 Å². The molecule has 1 aromatic heterocycles. The lowest BCUT2D eigenvalue weighted by Gasteiger charge is -2.20. The van der Waals surface area contributed by atoms with Crippen LogP contribution in [0.2, 0.25) is 0 Å². The zero-order valence-electron chi connectivity index (χ0n) is 8.65. The van der Waals surface area contributed by atoms with Crippen LogP contribution in [0.25, 0.3) is 0 Å². The first-order valence-corrected chi connectivity index (χ1v) is 5.20. The lowest BCUT2D eigenvalue weighted by molar-refractivity contribution is 0.0836. The normalized spacial score (nSPS) is 17.9. The number of hydrogen-bond acceptors (Lipinski definition) is 5. The monoisotopic (exact) mass is 208 g/mol. The number of aromatic nitrogens is 2. The second kappa shape index (κ2) is 4.55. The predicted octanol–water partition coefficient (Wildman–Crippen LogP) is 0.411. The van der Waals surface area contributed by atoms with Crippen LogP contribution in [-0.2, 0) is 11.3 Å². The molecular formula is C10H16N4O. The van der Waals surface area contributed by atoms with Crippen LogP contribution >= 0.6 is 0 Å². The number of anilines is 1. The molecule has 0 saturated carbocycles. The number of nitrogens with two attached hydrogens (primary N) is 2. The highest BCUT2D eigenvalue weighted by Crippen LogP contribution is 2.24. The van der Waals surface area contributed by atoms with E-state index in [-0.39, 0.29) is 0 Å². The maximum atomic E-state index is 5.78. The Morgan fingerprint density at radius 2 is 2.13 bits per heavy atom. The molecule has 5 heteroatoms. The molecule has 0 aliphatic carbocycles. The third kappa shape index (κ3) is 2.24. The van der Waals surface area contributed by atoms with Gasteiger partial charge in [-0.05, 0) is 12.8 Å². The standard InChI is InChI=1S/C10H16N4O/c11-5-8-6-13-10(14-9(8)12)7-1-3-15-4-2-7/h6-7H,1-5,11H2,(H2,12,13,14). The van der Waals surface area contributed by atoms with Gasteiger partial charge in [-0.25, -0.2) is 9.97 Å². The van der Waals surface area contributed by atoms with E-state index in [2.05, 4.69) is 9.97 Å². The van der Waals surface area contributed by atoms with Gasteiger partial charge in [-0.1, -0.05) is 0 Å². The van der Waals surface area contributed by atoms with Crippen molar-refractivity contribution in [1.29, 1.82) is 0 Å². The maximum absolute atomic E-state index is 5.78. The molecule has 4 N–H and O–H groups in total. The van der Waals surface area contributed by atoms with Gasteiger partial charge in [0.25, 0.3) is 0 Å². The average molecular weight is 208 g/mol. The van der Waals surface area contributed by atoms with Gasteiger partial charge < -0.3 is 16.2 Å². The molecule has 1 fully saturated rings. The Kier molecular flexibility index (Phi) is 3.13. The fourth-order valence-corrected chi connectivity index (χ4v) is 1.74. The van der Waals surface area contributed by atoms with E-state index in [9.17, 15) is 0 Å². The van der Waals surface area contributed by atoms with Gasteiger partial charge in [0.1, 0.15) is 11.6 Å². The van der Waals surface area contributed by atoms with Gasteiger partial charge >= 0.3 is 0 Å². The summed E-state index contributed by atoms with van der Waals surface area (Å²) in [6.07, 6.45) is 3.68. The zero-order valence-corrected chi connectivity index (χ0v) is 8.65. The van der Waals surface area contributed by atoms with Gasteiger partial charge in [-0.15, -0.1) is 0 Å². The average Bonchev–Trinajstić information content (AvgIpc) is 2.30. The molecule has 2 rings (SSSR count). The summed E-state index contributed by atoms with van der Waals surface area (Å²) in [5, 5.41) is 0. The van der Waals surface area contributed by atoms with Crippen LogP contribution in [0.15, 0.2) is 6.20 Å². The number of rotatable bonds is 2. The minimum Gasteiger partial charge on any atom is -0.383 e. The van der Waals surface area contributed by atoms with Crippen LogP contribution in [-0.4, -0.2) is 23.2 Å². The molecule has 0 aromatic carbocycles. The van der Waals surface area contributed by atoms with E-state index in [1.54, 1.807) is 6.20 Å². The molecule has 1 aliphatic heterocycles. The van der Waals surface area contributed by atoms with Crippen molar-refractivity contribution < 1.29 is 4.74 Å². The van der Waals surface area contributed by atoms with Crippen LogP contribution in [0.5, 0.6) is 0 Å². The van der Waals surface area contributed by atoms with E-state index in [0.717, 1.165) is 37.4 Å². The quantitative estimate of drug-likeness (QED) is 0.735.